The highest BCUT2D eigenvalue weighted by molar-refractivity contribution is 5.91. The van der Waals surface area contributed by atoms with Crippen LogP contribution in [0.15, 0.2) is 48.5 Å². The molecule has 0 aromatic heterocycles. The van der Waals surface area contributed by atoms with E-state index < -0.39 is 0 Å². The van der Waals surface area contributed by atoms with Crippen LogP contribution in [0.4, 0.5) is 5.69 Å². The first kappa shape index (κ1) is 19.9. The van der Waals surface area contributed by atoms with Crippen molar-refractivity contribution in [2.24, 2.45) is 0 Å². The molecule has 1 amide bonds. The molecule has 0 aliphatic carbocycles. The normalized spacial score (nSPS) is 10.8. The summed E-state index contributed by atoms with van der Waals surface area (Å²) >= 11 is 0. The second-order valence-corrected chi connectivity index (χ2v) is 6.64. The van der Waals surface area contributed by atoms with E-state index in [4.69, 9.17) is 4.74 Å². The van der Waals surface area contributed by atoms with E-state index in [0.29, 0.717) is 0 Å². The molecular weight excluding hydrogens is 326 g/mol. The van der Waals surface area contributed by atoms with Gasteiger partial charge in [0.2, 0.25) is 0 Å². The lowest BCUT2D eigenvalue weighted by molar-refractivity contribution is -0.118. The lowest BCUT2D eigenvalue weighted by atomic mass is 10.2. The largest absolute Gasteiger partial charge is 0.483 e. The van der Waals surface area contributed by atoms with Gasteiger partial charge in [-0.1, -0.05) is 35.9 Å². The number of benzene rings is 2. The minimum Gasteiger partial charge on any atom is -0.483 e. The zero-order valence-electron chi connectivity index (χ0n) is 15.9. The number of hydrogen-bond donors (Lipinski definition) is 2. The lowest BCUT2D eigenvalue weighted by Crippen LogP contribution is -2.22. The van der Waals surface area contributed by atoms with Gasteiger partial charge in [-0.3, -0.25) is 4.79 Å². The fourth-order valence-electron chi connectivity index (χ4n) is 2.51. The second-order valence-electron chi connectivity index (χ2n) is 6.64. The number of ether oxygens (including phenoxy) is 1. The number of para-hydroxylation sites is 1. The molecule has 5 heteroatoms. The van der Waals surface area contributed by atoms with Crippen LogP contribution < -0.4 is 15.4 Å². The van der Waals surface area contributed by atoms with Crippen molar-refractivity contribution >= 4 is 11.6 Å². The highest BCUT2D eigenvalue weighted by Gasteiger charge is 2.07. The van der Waals surface area contributed by atoms with Gasteiger partial charge in [0.05, 0.1) is 0 Å². The molecule has 0 saturated heterocycles. The third kappa shape index (κ3) is 7.25. The number of anilines is 1. The molecule has 0 fully saturated rings. The van der Waals surface area contributed by atoms with E-state index in [1.165, 1.54) is 0 Å². The van der Waals surface area contributed by atoms with E-state index in [0.717, 1.165) is 48.6 Å². The number of carbonyl (C=O) groups excluding carboxylic acids is 1. The highest BCUT2D eigenvalue weighted by Crippen LogP contribution is 2.18. The number of carbonyl (C=O) groups is 1. The van der Waals surface area contributed by atoms with Gasteiger partial charge in [-0.05, 0) is 58.7 Å². The van der Waals surface area contributed by atoms with Gasteiger partial charge >= 0.3 is 0 Å². The minimum atomic E-state index is -0.164. The number of aryl methyl sites for hydroxylation is 1. The molecule has 5 nitrogen and oxygen atoms in total. The number of nitrogens with zero attached hydrogens (tertiary/aromatic N) is 1. The van der Waals surface area contributed by atoms with Crippen LogP contribution in [0.1, 0.15) is 17.5 Å². The van der Waals surface area contributed by atoms with E-state index in [1.54, 1.807) is 0 Å². The maximum Gasteiger partial charge on any atom is 0.262 e. The summed E-state index contributed by atoms with van der Waals surface area (Å²) in [6.45, 7) is 4.74. The number of amides is 1. The molecule has 0 saturated carbocycles. The van der Waals surface area contributed by atoms with Crippen molar-refractivity contribution in [3.8, 4) is 5.75 Å². The molecule has 0 unspecified atom stereocenters. The average Bonchev–Trinajstić information content (AvgIpc) is 2.62. The summed E-state index contributed by atoms with van der Waals surface area (Å²) in [5.74, 6) is 0.578. The van der Waals surface area contributed by atoms with Crippen LogP contribution in [0, 0.1) is 6.92 Å². The first-order chi connectivity index (χ1) is 12.5. The van der Waals surface area contributed by atoms with Crippen LogP contribution in [-0.2, 0) is 11.3 Å². The first-order valence-corrected chi connectivity index (χ1v) is 8.97. The minimum absolute atomic E-state index is 0.00841. The van der Waals surface area contributed by atoms with Crippen molar-refractivity contribution in [2.75, 3.05) is 39.1 Å². The van der Waals surface area contributed by atoms with Gasteiger partial charge in [-0.25, -0.2) is 0 Å². The van der Waals surface area contributed by atoms with Crippen molar-refractivity contribution in [2.45, 2.75) is 19.9 Å². The Kier molecular flexibility index (Phi) is 8.12. The van der Waals surface area contributed by atoms with Gasteiger partial charge in [0.25, 0.3) is 5.91 Å². The van der Waals surface area contributed by atoms with Crippen molar-refractivity contribution < 1.29 is 9.53 Å². The molecule has 2 rings (SSSR count). The van der Waals surface area contributed by atoms with Crippen LogP contribution in [0.5, 0.6) is 5.75 Å². The van der Waals surface area contributed by atoms with Gasteiger partial charge < -0.3 is 20.3 Å². The summed E-state index contributed by atoms with van der Waals surface area (Å²) in [7, 11) is 4.15. The maximum absolute atomic E-state index is 12.1. The number of hydrogen-bond acceptors (Lipinski definition) is 4. The summed E-state index contributed by atoms with van der Waals surface area (Å²) in [6, 6.07) is 15.5. The molecule has 140 valence electrons. The molecular formula is C21H29N3O2. The van der Waals surface area contributed by atoms with Crippen LogP contribution >= 0.6 is 0 Å². The Morgan fingerprint density at radius 3 is 2.54 bits per heavy atom. The fraction of sp³-hybridized carbons (Fsp3) is 0.381. The van der Waals surface area contributed by atoms with Gasteiger partial charge in [0.15, 0.2) is 6.61 Å². The molecule has 0 heterocycles. The van der Waals surface area contributed by atoms with Crippen molar-refractivity contribution in [3.05, 3.63) is 59.7 Å². The maximum atomic E-state index is 12.1. The van der Waals surface area contributed by atoms with E-state index in [2.05, 4.69) is 29.6 Å². The van der Waals surface area contributed by atoms with Gasteiger partial charge in [0.1, 0.15) is 5.75 Å². The molecule has 0 aliphatic heterocycles. The predicted molar refractivity (Wildman–Crippen MR) is 107 cm³/mol. The summed E-state index contributed by atoms with van der Waals surface area (Å²) in [6.07, 6.45) is 1.09. The van der Waals surface area contributed by atoms with E-state index >= 15 is 0 Å². The van der Waals surface area contributed by atoms with Gasteiger partial charge in [0, 0.05) is 17.8 Å². The quantitative estimate of drug-likeness (QED) is 0.643. The molecule has 2 aromatic carbocycles. The van der Waals surface area contributed by atoms with Crippen molar-refractivity contribution in [3.63, 3.8) is 0 Å². The molecule has 0 aliphatic rings. The monoisotopic (exact) mass is 355 g/mol. The second kappa shape index (κ2) is 10.6. The molecule has 0 spiro atoms. The van der Waals surface area contributed by atoms with E-state index in [9.17, 15) is 4.79 Å². The number of rotatable bonds is 10. The lowest BCUT2D eigenvalue weighted by Gasteiger charge is -2.13. The van der Waals surface area contributed by atoms with Crippen molar-refractivity contribution in [1.29, 1.82) is 0 Å². The molecule has 2 N–H and O–H groups in total. The van der Waals surface area contributed by atoms with Crippen molar-refractivity contribution in [1.82, 2.24) is 10.2 Å². The summed E-state index contributed by atoms with van der Waals surface area (Å²) in [5.41, 5.74) is 2.99. The third-order valence-corrected chi connectivity index (χ3v) is 3.94. The van der Waals surface area contributed by atoms with Gasteiger partial charge in [-0.2, -0.15) is 0 Å². The predicted octanol–water partition coefficient (Wildman–Crippen LogP) is 3.05. The topological polar surface area (TPSA) is 53.6 Å². The summed E-state index contributed by atoms with van der Waals surface area (Å²) in [5, 5.41) is 6.27. The third-order valence-electron chi connectivity index (χ3n) is 3.94. The highest BCUT2D eigenvalue weighted by atomic mass is 16.5. The molecule has 0 bridgehead atoms. The molecule has 0 atom stereocenters. The Morgan fingerprint density at radius 2 is 1.81 bits per heavy atom. The summed E-state index contributed by atoms with van der Waals surface area (Å²) < 4.78 is 5.73. The van der Waals surface area contributed by atoms with Crippen LogP contribution in [0.3, 0.4) is 0 Å². The van der Waals surface area contributed by atoms with Gasteiger partial charge in [-0.15, -0.1) is 0 Å². The van der Waals surface area contributed by atoms with Crippen LogP contribution in [0.2, 0.25) is 0 Å². The zero-order chi connectivity index (χ0) is 18.8. The molecule has 2 aromatic rings. The Morgan fingerprint density at radius 1 is 1.08 bits per heavy atom. The molecule has 0 radical (unpaired) electrons. The molecule has 26 heavy (non-hydrogen) atoms. The van der Waals surface area contributed by atoms with Crippen LogP contribution in [0.25, 0.3) is 0 Å². The SMILES string of the molecule is Cc1ccc(NC(=O)COc2ccccc2CNCCCN(C)C)cc1. The Labute approximate surface area is 156 Å². The summed E-state index contributed by atoms with van der Waals surface area (Å²) in [4.78, 5) is 14.3. The van der Waals surface area contributed by atoms with E-state index in [1.807, 2.05) is 55.5 Å². The standard InChI is InChI=1S/C21H29N3O2/c1-17-9-11-19(12-10-17)23-21(25)16-26-20-8-5-4-7-18(20)15-22-13-6-14-24(2)3/h4-5,7-12,22H,6,13-16H2,1-3H3,(H,23,25). The fourth-order valence-corrected chi connectivity index (χ4v) is 2.51. The van der Waals surface area contributed by atoms with E-state index in [-0.39, 0.29) is 12.5 Å². The zero-order valence-corrected chi connectivity index (χ0v) is 15.9. The van der Waals surface area contributed by atoms with Crippen LogP contribution in [-0.4, -0.2) is 44.6 Å². The number of nitrogens with one attached hydrogen (secondary N) is 2. The average molecular weight is 355 g/mol. The first-order valence-electron chi connectivity index (χ1n) is 8.97. The Hall–Kier alpha value is -2.37. The Bertz CT molecular complexity index is 684. The Balaban J connectivity index is 1.79. The smallest absolute Gasteiger partial charge is 0.262 e.